The molecule has 0 heterocycles. The van der Waals surface area contributed by atoms with Crippen LogP contribution in [0.2, 0.25) is 0 Å². The zero-order chi connectivity index (χ0) is 9.94. The van der Waals surface area contributed by atoms with Gasteiger partial charge in [-0.2, -0.15) is 0 Å². The van der Waals surface area contributed by atoms with Gasteiger partial charge in [-0.1, -0.05) is 39.5 Å². The molecule has 0 aliphatic carbocycles. The summed E-state index contributed by atoms with van der Waals surface area (Å²) in [6.07, 6.45) is 6.44. The van der Waals surface area contributed by atoms with Gasteiger partial charge in [-0.05, 0) is 18.9 Å². The molecule has 1 unspecified atom stereocenters. The van der Waals surface area contributed by atoms with Gasteiger partial charge in [0.25, 0.3) is 0 Å². The molecule has 0 amide bonds. The van der Waals surface area contributed by atoms with E-state index < -0.39 is 0 Å². The maximum atomic E-state index is 11.7. The first-order chi connectivity index (χ1) is 6.31. The van der Waals surface area contributed by atoms with Crippen LogP contribution in [0.5, 0.6) is 0 Å². The van der Waals surface area contributed by atoms with Crippen molar-refractivity contribution in [1.82, 2.24) is 5.32 Å². The molecule has 1 nitrogen and oxygen atoms in total. The normalized spacial score (nSPS) is 13.2. The number of halogens is 1. The fourth-order valence-electron chi connectivity index (χ4n) is 1.32. The van der Waals surface area contributed by atoms with Crippen LogP contribution >= 0.6 is 0 Å². The molecule has 0 bridgehead atoms. The molecule has 13 heavy (non-hydrogen) atoms. The lowest BCUT2D eigenvalue weighted by Crippen LogP contribution is -2.17. The van der Waals surface area contributed by atoms with Crippen molar-refractivity contribution in [3.63, 3.8) is 0 Å². The van der Waals surface area contributed by atoms with Crippen molar-refractivity contribution in [3.05, 3.63) is 0 Å². The van der Waals surface area contributed by atoms with E-state index in [0.717, 1.165) is 12.5 Å². The number of rotatable bonds is 9. The average Bonchev–Trinajstić information content (AvgIpc) is 2.16. The first-order valence-corrected chi connectivity index (χ1v) is 5.58. The van der Waals surface area contributed by atoms with Crippen molar-refractivity contribution in [2.75, 3.05) is 19.8 Å². The zero-order valence-electron chi connectivity index (χ0n) is 9.11. The van der Waals surface area contributed by atoms with Crippen molar-refractivity contribution in [1.29, 1.82) is 0 Å². The summed E-state index contributed by atoms with van der Waals surface area (Å²) in [6.45, 7) is 5.80. The molecular formula is C11H24FN. The summed E-state index contributed by atoms with van der Waals surface area (Å²) >= 11 is 0. The molecule has 0 rings (SSSR count). The van der Waals surface area contributed by atoms with Gasteiger partial charge in [0.2, 0.25) is 0 Å². The Balaban J connectivity index is 2.91. The van der Waals surface area contributed by atoms with Crippen molar-refractivity contribution in [2.24, 2.45) is 5.92 Å². The van der Waals surface area contributed by atoms with E-state index in [9.17, 15) is 4.39 Å². The Hall–Kier alpha value is -0.110. The highest BCUT2D eigenvalue weighted by atomic mass is 19.1. The van der Waals surface area contributed by atoms with E-state index in [4.69, 9.17) is 0 Å². The number of unbranched alkanes of at least 4 members (excludes halogenated alkanes) is 2. The summed E-state index contributed by atoms with van der Waals surface area (Å²) in [5.41, 5.74) is 0. The van der Waals surface area contributed by atoms with Crippen LogP contribution < -0.4 is 5.32 Å². The number of hydrogen-bond acceptors (Lipinski definition) is 1. The Kier molecular flexibility index (Phi) is 9.89. The van der Waals surface area contributed by atoms with Crippen LogP contribution in [0.25, 0.3) is 0 Å². The van der Waals surface area contributed by atoms with Gasteiger partial charge < -0.3 is 5.32 Å². The third-order valence-electron chi connectivity index (χ3n) is 2.52. The highest BCUT2D eigenvalue weighted by molar-refractivity contribution is 4.52. The second kappa shape index (κ2) is 9.97. The number of hydrogen-bond donors (Lipinski definition) is 1. The van der Waals surface area contributed by atoms with Crippen molar-refractivity contribution in [3.8, 4) is 0 Å². The Morgan fingerprint density at radius 2 is 1.92 bits per heavy atom. The predicted octanol–water partition coefficient (Wildman–Crippen LogP) is 3.15. The van der Waals surface area contributed by atoms with Crippen LogP contribution in [0.1, 0.15) is 46.0 Å². The second-order valence-corrected chi connectivity index (χ2v) is 3.80. The summed E-state index contributed by atoms with van der Waals surface area (Å²) in [7, 11) is 0. The largest absolute Gasteiger partial charge is 0.314 e. The van der Waals surface area contributed by atoms with Crippen LogP contribution in [0.4, 0.5) is 4.39 Å². The Labute approximate surface area is 82.1 Å². The molecule has 0 spiro atoms. The fraction of sp³-hybridized carbons (Fsp3) is 1.00. The van der Waals surface area contributed by atoms with Gasteiger partial charge in [-0.25, -0.2) is 4.39 Å². The lowest BCUT2D eigenvalue weighted by Gasteiger charge is -2.07. The van der Waals surface area contributed by atoms with Crippen molar-refractivity contribution in [2.45, 2.75) is 46.0 Å². The minimum atomic E-state index is -0.243. The van der Waals surface area contributed by atoms with Crippen LogP contribution in [0.3, 0.4) is 0 Å². The predicted molar refractivity (Wildman–Crippen MR) is 56.8 cm³/mol. The van der Waals surface area contributed by atoms with E-state index in [1.54, 1.807) is 0 Å². The lowest BCUT2D eigenvalue weighted by molar-refractivity contribution is 0.450. The molecule has 0 saturated carbocycles. The Morgan fingerprint density at radius 1 is 1.15 bits per heavy atom. The summed E-state index contributed by atoms with van der Waals surface area (Å²) in [5, 5.41) is 3.06. The maximum Gasteiger partial charge on any atom is 0.102 e. The highest BCUT2D eigenvalue weighted by Crippen LogP contribution is 2.11. The Bertz CT molecular complexity index is 96.1. The van der Waals surface area contributed by atoms with Crippen LogP contribution in [0.15, 0.2) is 0 Å². The van der Waals surface area contributed by atoms with E-state index in [-0.39, 0.29) is 6.67 Å². The van der Waals surface area contributed by atoms with Crippen molar-refractivity contribution < 1.29 is 4.39 Å². The standard InChI is InChI=1S/C11H24FN/c1-3-11(2)7-5-4-6-9-13-10-8-12/h11,13H,3-10H2,1-2H3. The molecule has 0 aliphatic heterocycles. The number of nitrogens with one attached hydrogen (secondary N) is 1. The maximum absolute atomic E-state index is 11.7. The van der Waals surface area contributed by atoms with E-state index in [2.05, 4.69) is 19.2 Å². The third-order valence-corrected chi connectivity index (χ3v) is 2.52. The van der Waals surface area contributed by atoms with Gasteiger partial charge >= 0.3 is 0 Å². The molecule has 0 aromatic heterocycles. The van der Waals surface area contributed by atoms with Crippen LogP contribution in [0, 0.1) is 5.92 Å². The minimum absolute atomic E-state index is 0.243. The molecule has 0 fully saturated rings. The molecule has 1 N–H and O–H groups in total. The zero-order valence-corrected chi connectivity index (χ0v) is 9.11. The van der Waals surface area contributed by atoms with Gasteiger partial charge in [0.05, 0.1) is 0 Å². The van der Waals surface area contributed by atoms with E-state index in [1.165, 1.54) is 32.1 Å². The van der Waals surface area contributed by atoms with Crippen LogP contribution in [-0.2, 0) is 0 Å². The van der Waals surface area contributed by atoms with Gasteiger partial charge in [0.1, 0.15) is 6.67 Å². The molecule has 1 atom stereocenters. The SMILES string of the molecule is CCC(C)CCCCCNCCF. The smallest absolute Gasteiger partial charge is 0.102 e. The van der Waals surface area contributed by atoms with Crippen LogP contribution in [-0.4, -0.2) is 19.8 Å². The molecule has 0 aromatic carbocycles. The van der Waals surface area contributed by atoms with E-state index >= 15 is 0 Å². The van der Waals surface area contributed by atoms with Crippen molar-refractivity contribution >= 4 is 0 Å². The van der Waals surface area contributed by atoms with Gasteiger partial charge in [-0.3, -0.25) is 0 Å². The average molecular weight is 189 g/mol. The molecule has 2 heteroatoms. The fourth-order valence-corrected chi connectivity index (χ4v) is 1.32. The summed E-state index contributed by atoms with van der Waals surface area (Å²) in [4.78, 5) is 0. The molecular weight excluding hydrogens is 165 g/mol. The molecule has 0 saturated heterocycles. The van der Waals surface area contributed by atoms with Gasteiger partial charge in [0.15, 0.2) is 0 Å². The molecule has 0 aromatic rings. The van der Waals surface area contributed by atoms with E-state index in [1.807, 2.05) is 0 Å². The third kappa shape index (κ3) is 9.81. The second-order valence-electron chi connectivity index (χ2n) is 3.80. The molecule has 0 radical (unpaired) electrons. The molecule has 80 valence electrons. The summed E-state index contributed by atoms with van der Waals surface area (Å²) < 4.78 is 11.7. The number of alkyl halides is 1. The lowest BCUT2D eigenvalue weighted by atomic mass is 10.0. The summed E-state index contributed by atoms with van der Waals surface area (Å²) in [5.74, 6) is 0.874. The van der Waals surface area contributed by atoms with Gasteiger partial charge in [-0.15, -0.1) is 0 Å². The van der Waals surface area contributed by atoms with Gasteiger partial charge in [0, 0.05) is 6.54 Å². The summed E-state index contributed by atoms with van der Waals surface area (Å²) in [6, 6.07) is 0. The minimum Gasteiger partial charge on any atom is -0.314 e. The topological polar surface area (TPSA) is 12.0 Å². The monoisotopic (exact) mass is 189 g/mol. The van der Waals surface area contributed by atoms with E-state index in [0.29, 0.717) is 6.54 Å². The first-order valence-electron chi connectivity index (χ1n) is 5.58. The Morgan fingerprint density at radius 3 is 2.54 bits per heavy atom. The molecule has 0 aliphatic rings. The highest BCUT2D eigenvalue weighted by Gasteiger charge is 1.97. The first kappa shape index (κ1) is 12.9. The quantitative estimate of drug-likeness (QED) is 0.549.